The van der Waals surface area contributed by atoms with Crippen molar-refractivity contribution in [3.05, 3.63) is 15.6 Å². The first-order chi connectivity index (χ1) is 9.76. The van der Waals surface area contributed by atoms with Gasteiger partial charge in [-0.05, 0) is 38.0 Å². The van der Waals surface area contributed by atoms with Crippen LogP contribution in [0.15, 0.2) is 0 Å². The molecule has 114 valence electrons. The number of thiazole rings is 1. The molecule has 1 aromatic heterocycles. The van der Waals surface area contributed by atoms with Gasteiger partial charge in [-0.1, -0.05) is 20.3 Å². The average molecular weight is 296 g/mol. The molecule has 0 saturated heterocycles. The Hall–Kier alpha value is -0.450. The lowest BCUT2D eigenvalue weighted by atomic mass is 9.97. The SMILES string of the molecule is CCCC(C)C(NCCOC)c1nc2c(s1)CCCC2. The molecule has 0 amide bonds. The van der Waals surface area contributed by atoms with E-state index in [1.165, 1.54) is 54.1 Å². The third kappa shape index (κ3) is 4.03. The number of aryl methyl sites for hydroxylation is 2. The van der Waals surface area contributed by atoms with Crippen molar-refractivity contribution >= 4 is 11.3 Å². The fourth-order valence-corrected chi connectivity index (χ4v) is 4.34. The number of nitrogens with zero attached hydrogens (tertiary/aromatic N) is 1. The van der Waals surface area contributed by atoms with Crippen LogP contribution in [0, 0.1) is 5.92 Å². The maximum absolute atomic E-state index is 5.17. The molecule has 20 heavy (non-hydrogen) atoms. The van der Waals surface area contributed by atoms with Crippen LogP contribution < -0.4 is 5.32 Å². The van der Waals surface area contributed by atoms with E-state index >= 15 is 0 Å². The van der Waals surface area contributed by atoms with Gasteiger partial charge < -0.3 is 10.1 Å². The number of rotatable bonds is 8. The van der Waals surface area contributed by atoms with Gasteiger partial charge in [-0.15, -0.1) is 11.3 Å². The van der Waals surface area contributed by atoms with Crippen LogP contribution in [0.25, 0.3) is 0 Å². The number of ether oxygens (including phenoxy) is 1. The molecule has 0 aromatic carbocycles. The topological polar surface area (TPSA) is 34.1 Å². The summed E-state index contributed by atoms with van der Waals surface area (Å²) >= 11 is 1.94. The maximum atomic E-state index is 5.17. The quantitative estimate of drug-likeness (QED) is 0.742. The fourth-order valence-electron chi connectivity index (χ4n) is 2.98. The van der Waals surface area contributed by atoms with Gasteiger partial charge in [0, 0.05) is 18.5 Å². The molecule has 1 aliphatic carbocycles. The van der Waals surface area contributed by atoms with E-state index in [1.807, 2.05) is 11.3 Å². The first-order valence-electron chi connectivity index (χ1n) is 7.97. The Bertz CT molecular complexity index is 382. The minimum atomic E-state index is 0.390. The van der Waals surface area contributed by atoms with Crippen LogP contribution in [0.1, 0.15) is 61.2 Å². The van der Waals surface area contributed by atoms with Crippen molar-refractivity contribution in [3.63, 3.8) is 0 Å². The van der Waals surface area contributed by atoms with Gasteiger partial charge in [0.05, 0.1) is 18.3 Å². The minimum Gasteiger partial charge on any atom is -0.383 e. The van der Waals surface area contributed by atoms with E-state index < -0.39 is 0 Å². The molecule has 0 spiro atoms. The number of hydrogen-bond acceptors (Lipinski definition) is 4. The summed E-state index contributed by atoms with van der Waals surface area (Å²) in [7, 11) is 1.76. The normalized spacial score (nSPS) is 17.8. The Balaban J connectivity index is 2.09. The van der Waals surface area contributed by atoms with E-state index in [0.29, 0.717) is 12.0 Å². The van der Waals surface area contributed by atoms with Crippen molar-refractivity contribution in [2.24, 2.45) is 5.92 Å². The maximum Gasteiger partial charge on any atom is 0.110 e. The zero-order chi connectivity index (χ0) is 14.4. The Morgan fingerprint density at radius 3 is 2.85 bits per heavy atom. The van der Waals surface area contributed by atoms with E-state index in [1.54, 1.807) is 7.11 Å². The van der Waals surface area contributed by atoms with Gasteiger partial charge in [0.2, 0.25) is 0 Å². The highest BCUT2D eigenvalue weighted by Crippen LogP contribution is 2.33. The number of aromatic nitrogens is 1. The van der Waals surface area contributed by atoms with E-state index in [4.69, 9.17) is 9.72 Å². The Labute approximate surface area is 127 Å². The number of hydrogen-bond donors (Lipinski definition) is 1. The molecule has 0 saturated carbocycles. The summed E-state index contributed by atoms with van der Waals surface area (Å²) in [4.78, 5) is 6.48. The lowest BCUT2D eigenvalue weighted by Gasteiger charge is -2.23. The smallest absolute Gasteiger partial charge is 0.110 e. The zero-order valence-corrected chi connectivity index (χ0v) is 13.9. The van der Waals surface area contributed by atoms with Gasteiger partial charge in [-0.25, -0.2) is 4.98 Å². The second kappa shape index (κ2) is 8.11. The molecular weight excluding hydrogens is 268 g/mol. The summed E-state index contributed by atoms with van der Waals surface area (Å²) < 4.78 is 5.17. The van der Waals surface area contributed by atoms with Gasteiger partial charge >= 0.3 is 0 Å². The van der Waals surface area contributed by atoms with Gasteiger partial charge in [0.1, 0.15) is 5.01 Å². The summed E-state index contributed by atoms with van der Waals surface area (Å²) in [6, 6.07) is 0.390. The number of methoxy groups -OCH3 is 1. The molecule has 1 heterocycles. The van der Waals surface area contributed by atoms with Crippen molar-refractivity contribution in [3.8, 4) is 0 Å². The Morgan fingerprint density at radius 2 is 2.15 bits per heavy atom. The van der Waals surface area contributed by atoms with Crippen molar-refractivity contribution < 1.29 is 4.74 Å². The monoisotopic (exact) mass is 296 g/mol. The number of fused-ring (bicyclic) bond motifs is 1. The van der Waals surface area contributed by atoms with Gasteiger partial charge in [-0.3, -0.25) is 0 Å². The van der Waals surface area contributed by atoms with Crippen LogP contribution in [0.3, 0.4) is 0 Å². The molecule has 1 aliphatic rings. The van der Waals surface area contributed by atoms with Crippen LogP contribution >= 0.6 is 11.3 Å². The van der Waals surface area contributed by atoms with Crippen molar-refractivity contribution in [2.75, 3.05) is 20.3 Å². The molecule has 4 heteroatoms. The summed E-state index contributed by atoms with van der Waals surface area (Å²) in [6.07, 6.45) is 7.53. The molecule has 1 aromatic rings. The molecule has 2 unspecified atom stereocenters. The van der Waals surface area contributed by atoms with Crippen LogP contribution in [0.5, 0.6) is 0 Å². The first kappa shape index (κ1) is 15.9. The van der Waals surface area contributed by atoms with Crippen molar-refractivity contribution in [1.29, 1.82) is 0 Å². The molecule has 2 rings (SSSR count). The summed E-state index contributed by atoms with van der Waals surface area (Å²) in [6.45, 7) is 6.27. The molecule has 0 radical (unpaired) electrons. The molecular formula is C16H28N2OS. The van der Waals surface area contributed by atoms with E-state index in [2.05, 4.69) is 19.2 Å². The lowest BCUT2D eigenvalue weighted by Crippen LogP contribution is -2.29. The second-order valence-electron chi connectivity index (χ2n) is 5.82. The highest BCUT2D eigenvalue weighted by Gasteiger charge is 2.24. The summed E-state index contributed by atoms with van der Waals surface area (Å²) in [5.41, 5.74) is 1.37. The van der Waals surface area contributed by atoms with Crippen LogP contribution in [0.2, 0.25) is 0 Å². The summed E-state index contributed by atoms with van der Waals surface area (Å²) in [5, 5.41) is 4.95. The number of nitrogens with one attached hydrogen (secondary N) is 1. The second-order valence-corrected chi connectivity index (χ2v) is 6.93. The lowest BCUT2D eigenvalue weighted by molar-refractivity contribution is 0.190. The van der Waals surface area contributed by atoms with E-state index in [9.17, 15) is 0 Å². The molecule has 1 N–H and O–H groups in total. The predicted molar refractivity (Wildman–Crippen MR) is 85.4 cm³/mol. The molecule has 0 fully saturated rings. The van der Waals surface area contributed by atoms with Crippen LogP contribution in [-0.4, -0.2) is 25.2 Å². The van der Waals surface area contributed by atoms with Crippen LogP contribution in [0.4, 0.5) is 0 Å². The molecule has 3 nitrogen and oxygen atoms in total. The first-order valence-corrected chi connectivity index (χ1v) is 8.78. The zero-order valence-electron chi connectivity index (χ0n) is 13.1. The molecule has 0 bridgehead atoms. The highest BCUT2D eigenvalue weighted by molar-refractivity contribution is 7.11. The third-order valence-electron chi connectivity index (χ3n) is 4.11. The fraction of sp³-hybridized carbons (Fsp3) is 0.812. The Kier molecular flexibility index (Phi) is 6.46. The standard InChI is InChI=1S/C16H28N2OS/c1-4-7-12(2)15(17-10-11-19-3)16-18-13-8-5-6-9-14(13)20-16/h12,15,17H,4-11H2,1-3H3. The van der Waals surface area contributed by atoms with E-state index in [0.717, 1.165) is 13.2 Å². The van der Waals surface area contributed by atoms with Crippen molar-refractivity contribution in [1.82, 2.24) is 10.3 Å². The van der Waals surface area contributed by atoms with Crippen LogP contribution in [-0.2, 0) is 17.6 Å². The summed E-state index contributed by atoms with van der Waals surface area (Å²) in [5.74, 6) is 0.629. The van der Waals surface area contributed by atoms with Gasteiger partial charge in [0.15, 0.2) is 0 Å². The molecule has 0 aliphatic heterocycles. The Morgan fingerprint density at radius 1 is 1.35 bits per heavy atom. The predicted octanol–water partition coefficient (Wildman–Crippen LogP) is 3.74. The molecule has 2 atom stereocenters. The van der Waals surface area contributed by atoms with Gasteiger partial charge in [-0.2, -0.15) is 0 Å². The highest BCUT2D eigenvalue weighted by atomic mass is 32.1. The average Bonchev–Trinajstić information content (AvgIpc) is 2.87. The van der Waals surface area contributed by atoms with E-state index in [-0.39, 0.29) is 0 Å². The minimum absolute atomic E-state index is 0.390. The van der Waals surface area contributed by atoms with Crippen molar-refractivity contribution in [2.45, 2.75) is 58.4 Å². The van der Waals surface area contributed by atoms with Gasteiger partial charge in [0.25, 0.3) is 0 Å². The largest absolute Gasteiger partial charge is 0.383 e. The third-order valence-corrected chi connectivity index (χ3v) is 5.35.